The Kier molecular flexibility index (Phi) is 6.44. The van der Waals surface area contributed by atoms with E-state index in [4.69, 9.17) is 4.74 Å². The summed E-state index contributed by atoms with van der Waals surface area (Å²) in [5.74, 6) is 0. The largest absolute Gasteiger partial charge is 0.385 e. The third kappa shape index (κ3) is 5.28. The Morgan fingerprint density at radius 2 is 2.11 bits per heavy atom. The number of hydrogen-bond acceptors (Lipinski definition) is 4. The molecule has 1 aromatic carbocycles. The maximum Gasteiger partial charge on any atom is 0.240 e. The molecule has 0 aliphatic carbocycles. The van der Waals surface area contributed by atoms with Crippen molar-refractivity contribution in [3.05, 3.63) is 29.8 Å². The number of nitrogens with one attached hydrogen (secondary N) is 2. The second kappa shape index (κ2) is 7.59. The molecule has 19 heavy (non-hydrogen) atoms. The van der Waals surface area contributed by atoms with Crippen molar-refractivity contribution in [3.63, 3.8) is 0 Å². The summed E-state index contributed by atoms with van der Waals surface area (Å²) in [5.41, 5.74) is 0.940. The first-order valence-corrected chi connectivity index (χ1v) is 7.72. The first kappa shape index (κ1) is 16.1. The molecule has 0 radical (unpaired) electrons. The van der Waals surface area contributed by atoms with E-state index in [9.17, 15) is 8.42 Å². The van der Waals surface area contributed by atoms with Crippen LogP contribution in [0.2, 0.25) is 0 Å². The standard InChI is InChI=1S/C13H22N2O3S/c1-11(7-8-18-3)15-19(16,17)13-6-4-5-12(9-13)10-14-2/h4-6,9,11,14-15H,7-8,10H2,1-3H3. The molecule has 0 fully saturated rings. The van der Waals surface area contributed by atoms with Crippen molar-refractivity contribution in [2.75, 3.05) is 20.8 Å². The Bertz CT molecular complexity index is 488. The van der Waals surface area contributed by atoms with Gasteiger partial charge in [0.25, 0.3) is 0 Å². The summed E-state index contributed by atoms with van der Waals surface area (Å²) in [5, 5.41) is 3.00. The Morgan fingerprint density at radius 3 is 2.74 bits per heavy atom. The molecular formula is C13H22N2O3S. The van der Waals surface area contributed by atoms with Gasteiger partial charge >= 0.3 is 0 Å². The second-order valence-electron chi connectivity index (χ2n) is 4.48. The number of ether oxygens (including phenoxy) is 1. The number of rotatable bonds is 8. The minimum atomic E-state index is -3.46. The fourth-order valence-corrected chi connectivity index (χ4v) is 3.06. The van der Waals surface area contributed by atoms with Gasteiger partial charge in [0, 0.05) is 26.3 Å². The van der Waals surface area contributed by atoms with E-state index in [0.29, 0.717) is 24.5 Å². The zero-order valence-electron chi connectivity index (χ0n) is 11.6. The third-order valence-corrected chi connectivity index (χ3v) is 4.29. The van der Waals surface area contributed by atoms with Gasteiger partial charge in [-0.1, -0.05) is 12.1 Å². The third-order valence-electron chi connectivity index (χ3n) is 2.70. The van der Waals surface area contributed by atoms with Crippen LogP contribution < -0.4 is 10.0 Å². The van der Waals surface area contributed by atoms with Crippen LogP contribution in [-0.4, -0.2) is 35.2 Å². The summed E-state index contributed by atoms with van der Waals surface area (Å²) >= 11 is 0. The van der Waals surface area contributed by atoms with E-state index in [1.807, 2.05) is 20.0 Å². The molecule has 1 rings (SSSR count). The maximum atomic E-state index is 12.2. The van der Waals surface area contributed by atoms with Gasteiger partial charge in [0.15, 0.2) is 0 Å². The highest BCUT2D eigenvalue weighted by atomic mass is 32.2. The number of methoxy groups -OCH3 is 1. The van der Waals surface area contributed by atoms with Crippen molar-refractivity contribution in [2.24, 2.45) is 0 Å². The molecule has 0 saturated heterocycles. The topological polar surface area (TPSA) is 67.4 Å². The molecule has 0 aliphatic rings. The van der Waals surface area contributed by atoms with Crippen molar-refractivity contribution >= 4 is 10.0 Å². The molecule has 6 heteroatoms. The number of sulfonamides is 1. The van der Waals surface area contributed by atoms with Crippen LogP contribution in [0.15, 0.2) is 29.2 Å². The van der Waals surface area contributed by atoms with Crippen molar-refractivity contribution in [1.82, 2.24) is 10.0 Å². The molecular weight excluding hydrogens is 264 g/mol. The van der Waals surface area contributed by atoms with E-state index < -0.39 is 10.0 Å². The summed E-state index contributed by atoms with van der Waals surface area (Å²) in [6.07, 6.45) is 0.645. The molecule has 0 spiro atoms. The molecule has 0 aliphatic heterocycles. The number of hydrogen-bond donors (Lipinski definition) is 2. The van der Waals surface area contributed by atoms with E-state index in [0.717, 1.165) is 5.56 Å². The fourth-order valence-electron chi connectivity index (χ4n) is 1.71. The van der Waals surface area contributed by atoms with Gasteiger partial charge in [-0.15, -0.1) is 0 Å². The van der Waals surface area contributed by atoms with Gasteiger partial charge in [0.05, 0.1) is 4.90 Å². The fraction of sp³-hybridized carbons (Fsp3) is 0.538. The van der Waals surface area contributed by atoms with Crippen molar-refractivity contribution < 1.29 is 13.2 Å². The highest BCUT2D eigenvalue weighted by Gasteiger charge is 2.17. The smallest absolute Gasteiger partial charge is 0.240 e. The predicted molar refractivity (Wildman–Crippen MR) is 75.5 cm³/mol. The molecule has 2 N–H and O–H groups in total. The summed E-state index contributed by atoms with van der Waals surface area (Å²) < 4.78 is 32.0. The van der Waals surface area contributed by atoms with Crippen molar-refractivity contribution in [1.29, 1.82) is 0 Å². The molecule has 0 bridgehead atoms. The van der Waals surface area contributed by atoms with Crippen LogP contribution in [0, 0.1) is 0 Å². The average Bonchev–Trinajstić information content (AvgIpc) is 2.36. The lowest BCUT2D eigenvalue weighted by molar-refractivity contribution is 0.188. The molecule has 0 heterocycles. The molecule has 1 unspecified atom stereocenters. The van der Waals surface area contributed by atoms with Gasteiger partial charge in [-0.2, -0.15) is 0 Å². The normalized spacial score (nSPS) is 13.4. The van der Waals surface area contributed by atoms with Gasteiger partial charge < -0.3 is 10.1 Å². The van der Waals surface area contributed by atoms with Crippen molar-refractivity contribution in [3.8, 4) is 0 Å². The first-order valence-electron chi connectivity index (χ1n) is 6.24. The van der Waals surface area contributed by atoms with Crippen LogP contribution in [0.25, 0.3) is 0 Å². The lowest BCUT2D eigenvalue weighted by atomic mass is 10.2. The lowest BCUT2D eigenvalue weighted by Gasteiger charge is -2.14. The monoisotopic (exact) mass is 286 g/mol. The summed E-state index contributed by atoms with van der Waals surface area (Å²) in [6.45, 7) is 3.00. The van der Waals surface area contributed by atoms with E-state index in [2.05, 4.69) is 10.0 Å². The van der Waals surface area contributed by atoms with E-state index >= 15 is 0 Å². The van der Waals surface area contributed by atoms with Crippen LogP contribution in [0.5, 0.6) is 0 Å². The Morgan fingerprint density at radius 1 is 1.37 bits per heavy atom. The SMILES string of the molecule is CNCc1cccc(S(=O)(=O)NC(C)CCOC)c1. The Hall–Kier alpha value is -0.950. The highest BCUT2D eigenvalue weighted by Crippen LogP contribution is 2.12. The summed E-state index contributed by atoms with van der Waals surface area (Å²) in [7, 11) is -0.0388. The maximum absolute atomic E-state index is 12.2. The van der Waals surface area contributed by atoms with Crippen LogP contribution in [0.3, 0.4) is 0 Å². The lowest BCUT2D eigenvalue weighted by Crippen LogP contribution is -2.33. The summed E-state index contributed by atoms with van der Waals surface area (Å²) in [4.78, 5) is 0.296. The van der Waals surface area contributed by atoms with E-state index in [-0.39, 0.29) is 6.04 Å². The van der Waals surface area contributed by atoms with Crippen LogP contribution in [0.4, 0.5) is 0 Å². The van der Waals surface area contributed by atoms with E-state index in [1.54, 1.807) is 25.3 Å². The molecule has 5 nitrogen and oxygen atoms in total. The molecule has 108 valence electrons. The minimum absolute atomic E-state index is 0.155. The van der Waals surface area contributed by atoms with Gasteiger partial charge in [-0.05, 0) is 38.1 Å². The first-order chi connectivity index (χ1) is 8.99. The predicted octanol–water partition coefficient (Wildman–Crippen LogP) is 1.11. The number of benzene rings is 1. The van der Waals surface area contributed by atoms with Gasteiger partial charge in [-0.25, -0.2) is 13.1 Å². The molecule has 0 saturated carbocycles. The molecule has 1 aromatic rings. The van der Waals surface area contributed by atoms with Crippen molar-refractivity contribution in [2.45, 2.75) is 30.8 Å². The van der Waals surface area contributed by atoms with Gasteiger partial charge in [-0.3, -0.25) is 0 Å². The minimum Gasteiger partial charge on any atom is -0.385 e. The van der Waals surface area contributed by atoms with Gasteiger partial charge in [0.2, 0.25) is 10.0 Å². The zero-order valence-corrected chi connectivity index (χ0v) is 12.5. The molecule has 1 atom stereocenters. The van der Waals surface area contributed by atoms with E-state index in [1.165, 1.54) is 0 Å². The Balaban J connectivity index is 2.79. The van der Waals surface area contributed by atoms with Crippen LogP contribution >= 0.6 is 0 Å². The molecule has 0 amide bonds. The quantitative estimate of drug-likeness (QED) is 0.751. The highest BCUT2D eigenvalue weighted by molar-refractivity contribution is 7.89. The summed E-state index contributed by atoms with van der Waals surface area (Å²) in [6, 6.07) is 6.77. The molecule has 0 aromatic heterocycles. The zero-order chi connectivity index (χ0) is 14.3. The average molecular weight is 286 g/mol. The Labute approximate surface area is 115 Å². The van der Waals surface area contributed by atoms with Crippen LogP contribution in [0.1, 0.15) is 18.9 Å². The van der Waals surface area contributed by atoms with Crippen LogP contribution in [-0.2, 0) is 21.3 Å². The second-order valence-corrected chi connectivity index (χ2v) is 6.20. The van der Waals surface area contributed by atoms with Gasteiger partial charge in [0.1, 0.15) is 0 Å².